The molecule has 0 heterocycles. The van der Waals surface area contributed by atoms with E-state index in [0.717, 1.165) is 0 Å². The van der Waals surface area contributed by atoms with Crippen molar-refractivity contribution in [2.24, 2.45) is 0 Å². The first-order valence-electron chi connectivity index (χ1n) is 6.12. The van der Waals surface area contributed by atoms with Crippen molar-refractivity contribution in [3.63, 3.8) is 0 Å². The third kappa shape index (κ3) is 5.36. The van der Waals surface area contributed by atoms with Crippen LogP contribution in [0.1, 0.15) is 20.7 Å². The molecular formula is C16H12O5S. The van der Waals surface area contributed by atoms with Crippen molar-refractivity contribution in [1.29, 1.82) is 0 Å². The van der Waals surface area contributed by atoms with Gasteiger partial charge in [0.2, 0.25) is 0 Å². The second kappa shape index (κ2) is 9.28. The first-order chi connectivity index (χ1) is 10.6. The lowest BCUT2D eigenvalue weighted by Gasteiger charge is -2.05. The van der Waals surface area contributed by atoms with E-state index in [2.05, 4.69) is 0 Å². The van der Waals surface area contributed by atoms with Gasteiger partial charge in [-0.2, -0.15) is 9.59 Å². The van der Waals surface area contributed by atoms with Crippen LogP contribution in [0.5, 0.6) is 0 Å². The summed E-state index contributed by atoms with van der Waals surface area (Å²) in [6, 6.07) is 15.7. The van der Waals surface area contributed by atoms with Crippen LogP contribution in [0.15, 0.2) is 59.5 Å². The highest BCUT2D eigenvalue weighted by Gasteiger charge is 2.12. The summed E-state index contributed by atoms with van der Waals surface area (Å²) in [7, 11) is 0. The van der Waals surface area contributed by atoms with Crippen molar-refractivity contribution in [2.45, 2.75) is 4.90 Å². The van der Waals surface area contributed by atoms with Gasteiger partial charge in [0, 0.05) is 10.5 Å². The highest BCUT2D eigenvalue weighted by atomic mass is 32.2. The first-order valence-corrected chi connectivity index (χ1v) is 7.11. The Morgan fingerprint density at radius 3 is 2.09 bits per heavy atom. The van der Waals surface area contributed by atoms with Gasteiger partial charge in [-0.1, -0.05) is 42.5 Å². The van der Waals surface area contributed by atoms with Gasteiger partial charge in [0.15, 0.2) is 5.78 Å². The minimum atomic E-state index is -0.977. The molecule has 0 radical (unpaired) electrons. The number of hydrogen-bond acceptors (Lipinski definition) is 5. The Hall–Kier alpha value is -2.69. The average Bonchev–Trinajstić information content (AvgIpc) is 2.54. The number of thioether (sulfide) groups is 1. The number of carbonyl (C=O) groups excluding carboxylic acids is 3. The molecule has 6 heteroatoms. The first kappa shape index (κ1) is 17.4. The summed E-state index contributed by atoms with van der Waals surface area (Å²) < 4.78 is 0. The van der Waals surface area contributed by atoms with Crippen LogP contribution in [0.2, 0.25) is 0 Å². The largest absolute Gasteiger partial charge is 0.478 e. The molecule has 0 spiro atoms. The molecule has 2 aromatic carbocycles. The normalized spacial score (nSPS) is 9.09. The zero-order valence-corrected chi connectivity index (χ0v) is 12.2. The molecule has 0 aromatic heterocycles. The van der Waals surface area contributed by atoms with Crippen molar-refractivity contribution >= 4 is 29.7 Å². The standard InChI is InChI=1S/C15H12O3S.CO2/c16-13(11-6-2-1-3-7-11)10-19-14-9-5-4-8-12(14)15(17)18;2-1-3/h1-9H,10H2,(H,17,18);. The SMILES string of the molecule is O=C(CSc1ccccc1C(=O)O)c1ccccc1.O=C=O. The number of ketones is 1. The number of carboxylic acid groups (broad SMARTS) is 1. The molecule has 1 N–H and O–H groups in total. The maximum absolute atomic E-state index is 11.9. The van der Waals surface area contributed by atoms with E-state index in [-0.39, 0.29) is 23.3 Å². The number of Topliss-reactive ketones (excluding diaryl/α,β-unsaturated/α-hetero) is 1. The molecule has 0 aliphatic carbocycles. The van der Waals surface area contributed by atoms with Gasteiger partial charge in [0.1, 0.15) is 0 Å². The van der Waals surface area contributed by atoms with E-state index in [9.17, 15) is 9.59 Å². The fourth-order valence-corrected chi connectivity index (χ4v) is 2.56. The Balaban J connectivity index is 0.000000745. The van der Waals surface area contributed by atoms with Crippen LogP contribution < -0.4 is 0 Å². The summed E-state index contributed by atoms with van der Waals surface area (Å²) in [4.78, 5) is 39.8. The molecular weight excluding hydrogens is 304 g/mol. The lowest BCUT2D eigenvalue weighted by Crippen LogP contribution is -2.04. The smallest absolute Gasteiger partial charge is 0.373 e. The molecule has 0 amide bonds. The van der Waals surface area contributed by atoms with E-state index in [4.69, 9.17) is 14.7 Å². The Bertz CT molecular complexity index is 676. The van der Waals surface area contributed by atoms with Crippen LogP contribution >= 0.6 is 11.8 Å². The quantitative estimate of drug-likeness (QED) is 0.674. The molecule has 0 fully saturated rings. The molecule has 0 saturated heterocycles. The number of carbonyl (C=O) groups is 2. The van der Waals surface area contributed by atoms with E-state index in [0.29, 0.717) is 10.5 Å². The molecule has 0 aliphatic rings. The molecule has 0 aliphatic heterocycles. The van der Waals surface area contributed by atoms with Gasteiger partial charge in [-0.15, -0.1) is 11.8 Å². The summed E-state index contributed by atoms with van der Waals surface area (Å²) in [5.74, 6) is -0.755. The van der Waals surface area contributed by atoms with Gasteiger partial charge in [0.05, 0.1) is 11.3 Å². The predicted molar refractivity (Wildman–Crippen MR) is 79.9 cm³/mol. The minimum Gasteiger partial charge on any atom is -0.478 e. The van der Waals surface area contributed by atoms with Crippen LogP contribution in [0.25, 0.3) is 0 Å². The van der Waals surface area contributed by atoms with Crippen molar-refractivity contribution in [3.05, 3.63) is 65.7 Å². The topological polar surface area (TPSA) is 88.5 Å². The molecule has 0 bridgehead atoms. The van der Waals surface area contributed by atoms with Gasteiger partial charge >= 0.3 is 12.1 Å². The Kier molecular flexibility index (Phi) is 7.33. The van der Waals surface area contributed by atoms with E-state index >= 15 is 0 Å². The molecule has 2 rings (SSSR count). The fourth-order valence-electron chi connectivity index (χ4n) is 1.62. The molecule has 0 saturated carbocycles. The van der Waals surface area contributed by atoms with Crippen molar-refractivity contribution in [3.8, 4) is 0 Å². The van der Waals surface area contributed by atoms with Gasteiger partial charge in [-0.3, -0.25) is 4.79 Å². The van der Waals surface area contributed by atoms with E-state index in [1.54, 1.807) is 30.3 Å². The van der Waals surface area contributed by atoms with Crippen LogP contribution in [-0.4, -0.2) is 28.8 Å². The van der Waals surface area contributed by atoms with Crippen molar-refractivity contribution < 1.29 is 24.3 Å². The van der Waals surface area contributed by atoms with Crippen molar-refractivity contribution in [2.75, 3.05) is 5.75 Å². The number of aromatic carboxylic acids is 1. The van der Waals surface area contributed by atoms with Crippen LogP contribution in [0.3, 0.4) is 0 Å². The third-order valence-electron chi connectivity index (χ3n) is 2.57. The van der Waals surface area contributed by atoms with E-state index < -0.39 is 5.97 Å². The van der Waals surface area contributed by atoms with Gasteiger partial charge in [-0.05, 0) is 12.1 Å². The Labute approximate surface area is 131 Å². The van der Waals surface area contributed by atoms with Gasteiger partial charge < -0.3 is 5.11 Å². The summed E-state index contributed by atoms with van der Waals surface area (Å²) in [6.45, 7) is 0. The van der Waals surface area contributed by atoms with E-state index in [1.165, 1.54) is 17.8 Å². The molecule has 0 atom stereocenters. The Morgan fingerprint density at radius 1 is 0.955 bits per heavy atom. The van der Waals surface area contributed by atoms with E-state index in [1.807, 2.05) is 18.2 Å². The minimum absolute atomic E-state index is 0.00853. The van der Waals surface area contributed by atoms with Crippen molar-refractivity contribution in [1.82, 2.24) is 0 Å². The number of carboxylic acids is 1. The fraction of sp³-hybridized carbons (Fsp3) is 0.0625. The molecule has 22 heavy (non-hydrogen) atoms. The molecule has 112 valence electrons. The highest BCUT2D eigenvalue weighted by Crippen LogP contribution is 2.23. The summed E-state index contributed by atoms with van der Waals surface area (Å²) in [6.07, 6.45) is 0.250. The number of hydrogen-bond donors (Lipinski definition) is 1. The second-order valence-corrected chi connectivity index (χ2v) is 4.98. The van der Waals surface area contributed by atoms with Crippen LogP contribution in [-0.2, 0) is 9.59 Å². The maximum atomic E-state index is 11.9. The molecule has 5 nitrogen and oxygen atoms in total. The van der Waals surface area contributed by atoms with Gasteiger partial charge in [-0.25, -0.2) is 4.79 Å². The Morgan fingerprint density at radius 2 is 1.50 bits per heavy atom. The number of rotatable bonds is 5. The monoisotopic (exact) mass is 316 g/mol. The third-order valence-corrected chi connectivity index (χ3v) is 3.65. The zero-order valence-electron chi connectivity index (χ0n) is 11.4. The predicted octanol–water partition coefficient (Wildman–Crippen LogP) is 2.78. The lowest BCUT2D eigenvalue weighted by atomic mass is 10.2. The molecule has 0 unspecified atom stereocenters. The van der Waals surface area contributed by atoms with Gasteiger partial charge in [0.25, 0.3) is 0 Å². The summed E-state index contributed by atoms with van der Waals surface area (Å²) in [5.41, 5.74) is 0.871. The molecule has 2 aromatic rings. The summed E-state index contributed by atoms with van der Waals surface area (Å²) >= 11 is 1.25. The second-order valence-electron chi connectivity index (χ2n) is 3.96. The van der Waals surface area contributed by atoms with Crippen LogP contribution in [0, 0.1) is 0 Å². The zero-order chi connectivity index (χ0) is 16.4. The maximum Gasteiger partial charge on any atom is 0.373 e. The summed E-state index contributed by atoms with van der Waals surface area (Å²) in [5, 5.41) is 9.05. The van der Waals surface area contributed by atoms with Crippen LogP contribution in [0.4, 0.5) is 0 Å². The number of benzene rings is 2. The highest BCUT2D eigenvalue weighted by molar-refractivity contribution is 8.00. The average molecular weight is 316 g/mol. The lowest BCUT2D eigenvalue weighted by molar-refractivity contribution is -0.191.